The van der Waals surface area contributed by atoms with Crippen molar-refractivity contribution < 1.29 is 4.74 Å². The van der Waals surface area contributed by atoms with E-state index >= 15 is 0 Å². The summed E-state index contributed by atoms with van der Waals surface area (Å²) in [6.45, 7) is 0.0460. The standard InChI is InChI=1S/C14H13ClN2O/c15-12-8-11(10-4-2-1-3-5-10)6-7-13(12)18-9-14(16)17/h1-8H,9H2,(H3,16,17). The molecule has 0 aromatic heterocycles. The molecule has 0 radical (unpaired) electrons. The molecule has 0 fully saturated rings. The number of ether oxygens (including phenoxy) is 1. The van der Waals surface area contributed by atoms with Crippen LogP contribution in [0, 0.1) is 5.41 Å². The maximum absolute atomic E-state index is 7.10. The highest BCUT2D eigenvalue weighted by Gasteiger charge is 2.05. The number of benzene rings is 2. The predicted molar refractivity (Wildman–Crippen MR) is 74.3 cm³/mol. The van der Waals surface area contributed by atoms with Gasteiger partial charge in [0.05, 0.1) is 5.02 Å². The van der Waals surface area contributed by atoms with Crippen LogP contribution in [0.1, 0.15) is 0 Å². The molecule has 3 N–H and O–H groups in total. The zero-order valence-corrected chi connectivity index (χ0v) is 10.4. The van der Waals surface area contributed by atoms with Gasteiger partial charge in [-0.2, -0.15) is 0 Å². The molecule has 0 spiro atoms. The Balaban J connectivity index is 2.22. The van der Waals surface area contributed by atoms with Gasteiger partial charge in [-0.05, 0) is 23.3 Å². The van der Waals surface area contributed by atoms with E-state index in [0.29, 0.717) is 10.8 Å². The zero-order chi connectivity index (χ0) is 13.0. The first-order valence-corrected chi connectivity index (χ1v) is 5.85. The van der Waals surface area contributed by atoms with Gasteiger partial charge in [-0.3, -0.25) is 5.41 Å². The lowest BCUT2D eigenvalue weighted by molar-refractivity contribution is 0.375. The third-order valence-corrected chi connectivity index (χ3v) is 2.72. The van der Waals surface area contributed by atoms with E-state index in [4.69, 9.17) is 27.5 Å². The summed E-state index contributed by atoms with van der Waals surface area (Å²) >= 11 is 6.13. The molecule has 2 aromatic carbocycles. The Kier molecular flexibility index (Phi) is 3.85. The van der Waals surface area contributed by atoms with E-state index in [1.165, 1.54) is 0 Å². The fraction of sp³-hybridized carbons (Fsp3) is 0.0714. The largest absolute Gasteiger partial charge is 0.484 e. The second-order valence-corrected chi connectivity index (χ2v) is 4.23. The Morgan fingerprint density at radius 3 is 2.44 bits per heavy atom. The van der Waals surface area contributed by atoms with E-state index < -0.39 is 0 Å². The summed E-state index contributed by atoms with van der Waals surface area (Å²) in [6.07, 6.45) is 0. The molecule has 0 bridgehead atoms. The third-order valence-electron chi connectivity index (χ3n) is 2.42. The number of amidine groups is 1. The van der Waals surface area contributed by atoms with Crippen molar-refractivity contribution in [3.63, 3.8) is 0 Å². The first-order valence-electron chi connectivity index (χ1n) is 5.47. The smallest absolute Gasteiger partial charge is 0.145 e. The van der Waals surface area contributed by atoms with Crippen LogP contribution in [-0.4, -0.2) is 12.4 Å². The van der Waals surface area contributed by atoms with Crippen molar-refractivity contribution >= 4 is 17.4 Å². The van der Waals surface area contributed by atoms with E-state index in [1.54, 1.807) is 6.07 Å². The van der Waals surface area contributed by atoms with E-state index in [1.807, 2.05) is 42.5 Å². The van der Waals surface area contributed by atoms with Crippen LogP contribution in [0.15, 0.2) is 48.5 Å². The van der Waals surface area contributed by atoms with Crippen molar-refractivity contribution in [3.8, 4) is 16.9 Å². The molecular formula is C14H13ClN2O. The minimum Gasteiger partial charge on any atom is -0.484 e. The van der Waals surface area contributed by atoms with E-state index in [0.717, 1.165) is 11.1 Å². The summed E-state index contributed by atoms with van der Waals surface area (Å²) in [7, 11) is 0. The second kappa shape index (κ2) is 5.56. The molecule has 0 heterocycles. The zero-order valence-electron chi connectivity index (χ0n) is 9.69. The van der Waals surface area contributed by atoms with Gasteiger partial charge in [-0.1, -0.05) is 48.0 Å². The van der Waals surface area contributed by atoms with Crippen molar-refractivity contribution in [1.29, 1.82) is 5.41 Å². The van der Waals surface area contributed by atoms with Crippen LogP contribution >= 0.6 is 11.6 Å². The maximum atomic E-state index is 7.10. The van der Waals surface area contributed by atoms with Crippen molar-refractivity contribution in [2.75, 3.05) is 6.61 Å². The van der Waals surface area contributed by atoms with Crippen LogP contribution in [0.5, 0.6) is 5.75 Å². The molecule has 2 rings (SSSR count). The highest BCUT2D eigenvalue weighted by molar-refractivity contribution is 6.32. The molecular weight excluding hydrogens is 248 g/mol. The van der Waals surface area contributed by atoms with Gasteiger partial charge < -0.3 is 10.5 Å². The fourth-order valence-corrected chi connectivity index (χ4v) is 1.82. The van der Waals surface area contributed by atoms with E-state index in [9.17, 15) is 0 Å². The number of hydrogen-bond acceptors (Lipinski definition) is 2. The summed E-state index contributed by atoms with van der Waals surface area (Å²) < 4.78 is 5.31. The Morgan fingerprint density at radius 1 is 1.11 bits per heavy atom. The van der Waals surface area contributed by atoms with Crippen LogP contribution < -0.4 is 10.5 Å². The molecule has 0 aliphatic carbocycles. The van der Waals surface area contributed by atoms with Gasteiger partial charge in [0, 0.05) is 0 Å². The Morgan fingerprint density at radius 2 is 1.83 bits per heavy atom. The normalized spacial score (nSPS) is 10.1. The fourth-order valence-electron chi connectivity index (χ4n) is 1.58. The van der Waals surface area contributed by atoms with Crippen LogP contribution in [-0.2, 0) is 0 Å². The van der Waals surface area contributed by atoms with Crippen LogP contribution in [0.2, 0.25) is 5.02 Å². The summed E-state index contributed by atoms with van der Waals surface area (Å²) in [5.41, 5.74) is 7.35. The van der Waals surface area contributed by atoms with Gasteiger partial charge in [0.25, 0.3) is 0 Å². The average molecular weight is 261 g/mol. The van der Waals surface area contributed by atoms with Crippen molar-refractivity contribution in [3.05, 3.63) is 53.6 Å². The lowest BCUT2D eigenvalue weighted by Crippen LogP contribution is -2.19. The molecule has 0 amide bonds. The molecule has 0 aliphatic heterocycles. The summed E-state index contributed by atoms with van der Waals surface area (Å²) in [4.78, 5) is 0. The summed E-state index contributed by atoms with van der Waals surface area (Å²) in [5.74, 6) is 0.504. The molecule has 4 heteroatoms. The van der Waals surface area contributed by atoms with Crippen molar-refractivity contribution in [2.24, 2.45) is 5.73 Å². The molecule has 2 aromatic rings. The van der Waals surface area contributed by atoms with Crippen LogP contribution in [0.4, 0.5) is 0 Å². The van der Waals surface area contributed by atoms with Crippen molar-refractivity contribution in [2.45, 2.75) is 0 Å². The highest BCUT2D eigenvalue weighted by atomic mass is 35.5. The van der Waals surface area contributed by atoms with Gasteiger partial charge in [0.2, 0.25) is 0 Å². The van der Waals surface area contributed by atoms with Gasteiger partial charge in [0.15, 0.2) is 0 Å². The number of nitrogens with one attached hydrogen (secondary N) is 1. The molecule has 3 nitrogen and oxygen atoms in total. The minimum atomic E-state index is -0.0294. The van der Waals surface area contributed by atoms with Gasteiger partial charge in [-0.25, -0.2) is 0 Å². The first-order chi connectivity index (χ1) is 8.66. The second-order valence-electron chi connectivity index (χ2n) is 3.83. The Hall–Kier alpha value is -2.00. The van der Waals surface area contributed by atoms with Gasteiger partial charge >= 0.3 is 0 Å². The quantitative estimate of drug-likeness (QED) is 0.654. The lowest BCUT2D eigenvalue weighted by atomic mass is 10.1. The third kappa shape index (κ3) is 3.02. The number of halogens is 1. The SMILES string of the molecule is N=C(N)COc1ccc(-c2ccccc2)cc1Cl. The molecule has 92 valence electrons. The summed E-state index contributed by atoms with van der Waals surface area (Å²) in [5, 5.41) is 7.61. The molecule has 0 saturated heterocycles. The minimum absolute atomic E-state index is 0.0294. The summed E-state index contributed by atoms with van der Waals surface area (Å²) in [6, 6.07) is 15.5. The van der Waals surface area contributed by atoms with E-state index in [-0.39, 0.29) is 12.4 Å². The molecule has 0 saturated carbocycles. The van der Waals surface area contributed by atoms with Gasteiger partial charge in [0.1, 0.15) is 18.2 Å². The van der Waals surface area contributed by atoms with Gasteiger partial charge in [-0.15, -0.1) is 0 Å². The number of nitrogens with two attached hydrogens (primary N) is 1. The maximum Gasteiger partial charge on any atom is 0.145 e. The highest BCUT2D eigenvalue weighted by Crippen LogP contribution is 2.30. The number of rotatable bonds is 4. The van der Waals surface area contributed by atoms with Crippen LogP contribution in [0.3, 0.4) is 0 Å². The molecule has 0 aliphatic rings. The molecule has 0 unspecified atom stereocenters. The van der Waals surface area contributed by atoms with Crippen LogP contribution in [0.25, 0.3) is 11.1 Å². The first kappa shape index (κ1) is 12.5. The Bertz CT molecular complexity index is 555. The lowest BCUT2D eigenvalue weighted by Gasteiger charge is -2.09. The topological polar surface area (TPSA) is 59.1 Å². The predicted octanol–water partition coefficient (Wildman–Crippen LogP) is 3.32. The molecule has 18 heavy (non-hydrogen) atoms. The monoisotopic (exact) mass is 260 g/mol. The van der Waals surface area contributed by atoms with Crippen molar-refractivity contribution in [1.82, 2.24) is 0 Å². The molecule has 0 atom stereocenters. The number of hydrogen-bond donors (Lipinski definition) is 2. The Labute approximate surface area is 111 Å². The van der Waals surface area contributed by atoms with E-state index in [2.05, 4.69) is 0 Å². The average Bonchev–Trinajstić information content (AvgIpc) is 2.38.